The van der Waals surface area contributed by atoms with Crippen molar-refractivity contribution < 1.29 is 0 Å². The van der Waals surface area contributed by atoms with Crippen LogP contribution in [0.2, 0.25) is 0 Å². The van der Waals surface area contributed by atoms with Crippen LogP contribution >= 0.6 is 0 Å². The van der Waals surface area contributed by atoms with Gasteiger partial charge in [-0.15, -0.1) is 0 Å². The summed E-state index contributed by atoms with van der Waals surface area (Å²) >= 11 is 0. The summed E-state index contributed by atoms with van der Waals surface area (Å²) in [5.74, 6) is 0. The van der Waals surface area contributed by atoms with Gasteiger partial charge in [-0.05, 0) is 50.2 Å². The molecule has 3 aromatic rings. The van der Waals surface area contributed by atoms with Crippen molar-refractivity contribution in [2.75, 3.05) is 10.6 Å². The molecule has 3 rings (SSSR count). The van der Waals surface area contributed by atoms with E-state index in [1.807, 2.05) is 72.8 Å². The second-order valence-electron chi connectivity index (χ2n) is 6.18. The third kappa shape index (κ3) is 3.98. The van der Waals surface area contributed by atoms with E-state index in [4.69, 9.17) is 10.8 Å². The molecule has 0 heterocycles. The number of benzene rings is 3. The predicted molar refractivity (Wildman–Crippen MR) is 111 cm³/mol. The molecule has 4 nitrogen and oxygen atoms in total. The minimum atomic E-state index is 0.456. The number of para-hydroxylation sites is 2. The Morgan fingerprint density at radius 2 is 1.00 bits per heavy atom. The summed E-state index contributed by atoms with van der Waals surface area (Å²) in [5.41, 5.74) is 6.08. The van der Waals surface area contributed by atoms with Crippen LogP contribution in [0.4, 0.5) is 22.7 Å². The van der Waals surface area contributed by atoms with Gasteiger partial charge in [0.25, 0.3) is 0 Å². The Hall–Kier alpha value is -3.40. The van der Waals surface area contributed by atoms with Crippen molar-refractivity contribution in [2.24, 2.45) is 0 Å². The van der Waals surface area contributed by atoms with Crippen LogP contribution in [0.1, 0.15) is 25.0 Å². The van der Waals surface area contributed by atoms with Crippen molar-refractivity contribution in [2.45, 2.75) is 13.8 Å². The van der Waals surface area contributed by atoms with Gasteiger partial charge in [0, 0.05) is 45.3 Å². The Balaban J connectivity index is 2.08. The summed E-state index contributed by atoms with van der Waals surface area (Å²) in [4.78, 5) is 0. The molecule has 0 saturated carbocycles. The zero-order chi connectivity index (χ0) is 18.5. The fourth-order valence-electron chi connectivity index (χ4n) is 2.78. The second kappa shape index (κ2) is 7.66. The fraction of sp³-hybridized carbons (Fsp3) is 0.0909. The van der Waals surface area contributed by atoms with Crippen molar-refractivity contribution in [3.05, 3.63) is 83.9 Å². The Bertz CT molecular complexity index is 856. The molecule has 4 heteroatoms. The summed E-state index contributed by atoms with van der Waals surface area (Å²) < 4.78 is 0. The standard InChI is InChI=1S/C22H22N4/c1-15(23)19-13-20(16(2)24)22(26-18-11-7-4-8-12-18)14-21(19)25-17-9-5-3-6-10-17/h3-14,23-26H,1-2H3. The van der Waals surface area contributed by atoms with Crippen molar-refractivity contribution in [1.82, 2.24) is 0 Å². The van der Waals surface area contributed by atoms with Gasteiger partial charge in [0.2, 0.25) is 0 Å². The maximum atomic E-state index is 8.14. The molecule has 130 valence electrons. The van der Waals surface area contributed by atoms with E-state index in [9.17, 15) is 0 Å². The lowest BCUT2D eigenvalue weighted by Crippen LogP contribution is -2.07. The summed E-state index contributed by atoms with van der Waals surface area (Å²) in [5, 5.41) is 23.1. The Kier molecular flexibility index (Phi) is 5.13. The third-order valence-corrected chi connectivity index (χ3v) is 4.07. The number of nitrogens with one attached hydrogen (secondary N) is 4. The number of hydrogen-bond donors (Lipinski definition) is 4. The number of rotatable bonds is 6. The highest BCUT2D eigenvalue weighted by Crippen LogP contribution is 2.31. The highest BCUT2D eigenvalue weighted by molar-refractivity contribution is 6.09. The van der Waals surface area contributed by atoms with Crippen LogP contribution in [-0.4, -0.2) is 11.4 Å². The summed E-state index contributed by atoms with van der Waals surface area (Å²) in [6, 6.07) is 23.7. The SMILES string of the molecule is CC(=N)c1cc(C(C)=N)c(Nc2ccccc2)cc1Nc1ccccc1. The highest BCUT2D eigenvalue weighted by Gasteiger charge is 2.13. The molecule has 0 saturated heterocycles. The quantitative estimate of drug-likeness (QED) is 0.418. The lowest BCUT2D eigenvalue weighted by Gasteiger charge is -2.18. The van der Waals surface area contributed by atoms with E-state index in [-0.39, 0.29) is 0 Å². The average Bonchev–Trinajstić information content (AvgIpc) is 2.63. The van der Waals surface area contributed by atoms with E-state index in [1.54, 1.807) is 13.8 Å². The minimum Gasteiger partial charge on any atom is -0.355 e. The molecule has 0 fully saturated rings. The van der Waals surface area contributed by atoms with Gasteiger partial charge in [-0.25, -0.2) is 0 Å². The number of hydrogen-bond acceptors (Lipinski definition) is 4. The number of anilines is 4. The van der Waals surface area contributed by atoms with E-state index < -0.39 is 0 Å². The molecule has 0 aromatic heterocycles. The monoisotopic (exact) mass is 342 g/mol. The lowest BCUT2D eigenvalue weighted by atomic mass is 9.99. The maximum Gasteiger partial charge on any atom is 0.0497 e. The van der Waals surface area contributed by atoms with Gasteiger partial charge in [0.1, 0.15) is 0 Å². The fourth-order valence-corrected chi connectivity index (χ4v) is 2.78. The molecule has 0 atom stereocenters. The van der Waals surface area contributed by atoms with Crippen molar-refractivity contribution in [3.63, 3.8) is 0 Å². The summed E-state index contributed by atoms with van der Waals surface area (Å²) in [7, 11) is 0. The molecular formula is C22H22N4. The molecule has 0 aliphatic heterocycles. The Morgan fingerprint density at radius 3 is 1.35 bits per heavy atom. The first-order valence-corrected chi connectivity index (χ1v) is 8.48. The largest absolute Gasteiger partial charge is 0.355 e. The predicted octanol–water partition coefficient (Wildman–Crippen LogP) is 5.95. The minimum absolute atomic E-state index is 0.456. The molecule has 0 unspecified atom stereocenters. The zero-order valence-corrected chi connectivity index (χ0v) is 14.9. The lowest BCUT2D eigenvalue weighted by molar-refractivity contribution is 1.40. The van der Waals surface area contributed by atoms with Gasteiger partial charge in [-0.2, -0.15) is 0 Å². The Morgan fingerprint density at radius 1 is 0.615 bits per heavy atom. The second-order valence-corrected chi connectivity index (χ2v) is 6.18. The van der Waals surface area contributed by atoms with Crippen molar-refractivity contribution in [1.29, 1.82) is 10.8 Å². The van der Waals surface area contributed by atoms with Crippen LogP contribution in [0, 0.1) is 10.8 Å². The van der Waals surface area contributed by atoms with Gasteiger partial charge in [0.05, 0.1) is 0 Å². The average molecular weight is 342 g/mol. The third-order valence-electron chi connectivity index (χ3n) is 4.07. The molecule has 0 radical (unpaired) electrons. The van der Waals surface area contributed by atoms with E-state index in [0.717, 1.165) is 33.9 Å². The molecule has 0 amide bonds. The topological polar surface area (TPSA) is 71.8 Å². The van der Waals surface area contributed by atoms with Crippen LogP contribution in [0.3, 0.4) is 0 Å². The summed E-state index contributed by atoms with van der Waals surface area (Å²) in [6.07, 6.45) is 0. The first-order chi connectivity index (χ1) is 12.5. The molecule has 0 aliphatic carbocycles. The van der Waals surface area contributed by atoms with Crippen molar-refractivity contribution in [3.8, 4) is 0 Å². The highest BCUT2D eigenvalue weighted by atomic mass is 14.9. The van der Waals surface area contributed by atoms with E-state index in [2.05, 4.69) is 10.6 Å². The van der Waals surface area contributed by atoms with Crippen LogP contribution in [0.25, 0.3) is 0 Å². The maximum absolute atomic E-state index is 8.14. The smallest absolute Gasteiger partial charge is 0.0497 e. The van der Waals surface area contributed by atoms with E-state index in [1.165, 1.54) is 0 Å². The zero-order valence-electron chi connectivity index (χ0n) is 14.9. The molecular weight excluding hydrogens is 320 g/mol. The van der Waals surface area contributed by atoms with Crippen LogP contribution in [0.5, 0.6) is 0 Å². The van der Waals surface area contributed by atoms with Gasteiger partial charge in [-0.3, -0.25) is 0 Å². The van der Waals surface area contributed by atoms with E-state index >= 15 is 0 Å². The molecule has 0 bridgehead atoms. The molecule has 3 aromatic carbocycles. The van der Waals surface area contributed by atoms with Crippen LogP contribution in [-0.2, 0) is 0 Å². The molecule has 4 N–H and O–H groups in total. The Labute approximate surface area is 153 Å². The first-order valence-electron chi connectivity index (χ1n) is 8.48. The molecule has 0 aliphatic rings. The van der Waals surface area contributed by atoms with Crippen LogP contribution < -0.4 is 10.6 Å². The van der Waals surface area contributed by atoms with Gasteiger partial charge in [0.15, 0.2) is 0 Å². The van der Waals surface area contributed by atoms with Crippen LogP contribution in [0.15, 0.2) is 72.8 Å². The molecule has 0 spiro atoms. The van der Waals surface area contributed by atoms with Gasteiger partial charge >= 0.3 is 0 Å². The van der Waals surface area contributed by atoms with Crippen molar-refractivity contribution >= 4 is 34.2 Å². The van der Waals surface area contributed by atoms with Gasteiger partial charge < -0.3 is 21.5 Å². The summed E-state index contributed by atoms with van der Waals surface area (Å²) in [6.45, 7) is 3.53. The van der Waals surface area contributed by atoms with E-state index in [0.29, 0.717) is 11.4 Å². The normalized spacial score (nSPS) is 10.2. The first kappa shape index (κ1) is 17.4. The van der Waals surface area contributed by atoms with Gasteiger partial charge in [-0.1, -0.05) is 36.4 Å². The molecule has 26 heavy (non-hydrogen) atoms.